The van der Waals surface area contributed by atoms with E-state index >= 15 is 0 Å². The predicted octanol–water partition coefficient (Wildman–Crippen LogP) is 1.28. The standard InChI is InChI=1S/C13H20N2O4/c1-4-11(16)15-9(2)13(19-10(15)3)5-7-14(8-6-13)12(17)18/h4,9-10H,1,5-8H2,2-3H3,(H,17,18)/t9-,10?/m1/s1. The van der Waals surface area contributed by atoms with Gasteiger partial charge in [0.15, 0.2) is 0 Å². The summed E-state index contributed by atoms with van der Waals surface area (Å²) in [6.45, 7) is 8.21. The van der Waals surface area contributed by atoms with E-state index in [9.17, 15) is 9.59 Å². The van der Waals surface area contributed by atoms with Crippen molar-refractivity contribution < 1.29 is 19.4 Å². The highest BCUT2D eigenvalue weighted by molar-refractivity contribution is 5.87. The average Bonchev–Trinajstić information content (AvgIpc) is 2.61. The average molecular weight is 268 g/mol. The molecule has 1 unspecified atom stereocenters. The maximum Gasteiger partial charge on any atom is 0.407 e. The fourth-order valence-electron chi connectivity index (χ4n) is 3.15. The molecule has 0 aromatic carbocycles. The highest BCUT2D eigenvalue weighted by Gasteiger charge is 2.52. The molecule has 0 aromatic rings. The molecule has 0 bridgehead atoms. The van der Waals surface area contributed by atoms with Crippen molar-refractivity contribution in [2.24, 2.45) is 0 Å². The first-order valence-corrected chi connectivity index (χ1v) is 6.52. The number of nitrogens with zero attached hydrogens (tertiary/aromatic N) is 2. The number of ether oxygens (including phenoxy) is 1. The lowest BCUT2D eigenvalue weighted by Gasteiger charge is -2.40. The fourth-order valence-corrected chi connectivity index (χ4v) is 3.15. The van der Waals surface area contributed by atoms with E-state index in [0.29, 0.717) is 25.9 Å². The smallest absolute Gasteiger partial charge is 0.407 e. The molecule has 2 atom stereocenters. The molecule has 0 saturated carbocycles. The Morgan fingerprint density at radius 3 is 2.42 bits per heavy atom. The van der Waals surface area contributed by atoms with Crippen molar-refractivity contribution in [2.75, 3.05) is 13.1 Å². The van der Waals surface area contributed by atoms with Crippen LogP contribution in [0.25, 0.3) is 0 Å². The summed E-state index contributed by atoms with van der Waals surface area (Å²) in [7, 11) is 0. The predicted molar refractivity (Wildman–Crippen MR) is 68.6 cm³/mol. The molecule has 2 fully saturated rings. The summed E-state index contributed by atoms with van der Waals surface area (Å²) in [6.07, 6.45) is 1.34. The summed E-state index contributed by atoms with van der Waals surface area (Å²) in [5, 5.41) is 8.97. The quantitative estimate of drug-likeness (QED) is 0.727. The van der Waals surface area contributed by atoms with Gasteiger partial charge in [-0.2, -0.15) is 0 Å². The van der Waals surface area contributed by atoms with Gasteiger partial charge in [-0.1, -0.05) is 6.58 Å². The third kappa shape index (κ3) is 2.20. The first-order valence-electron chi connectivity index (χ1n) is 6.52. The van der Waals surface area contributed by atoms with Crippen LogP contribution in [0, 0.1) is 0 Å². The van der Waals surface area contributed by atoms with E-state index < -0.39 is 11.7 Å². The molecular formula is C13H20N2O4. The van der Waals surface area contributed by atoms with Gasteiger partial charge in [0, 0.05) is 13.1 Å². The molecule has 2 aliphatic heterocycles. The highest BCUT2D eigenvalue weighted by atomic mass is 16.5. The van der Waals surface area contributed by atoms with Gasteiger partial charge in [0.2, 0.25) is 5.91 Å². The first kappa shape index (κ1) is 13.9. The first-order chi connectivity index (χ1) is 8.91. The number of piperidine rings is 1. The van der Waals surface area contributed by atoms with E-state index in [1.165, 1.54) is 11.0 Å². The minimum atomic E-state index is -0.896. The van der Waals surface area contributed by atoms with Crippen LogP contribution < -0.4 is 0 Å². The number of carboxylic acid groups (broad SMARTS) is 1. The molecule has 2 amide bonds. The maximum atomic E-state index is 11.9. The highest BCUT2D eigenvalue weighted by Crippen LogP contribution is 2.40. The third-order valence-electron chi connectivity index (χ3n) is 4.29. The minimum Gasteiger partial charge on any atom is -0.465 e. The van der Waals surface area contributed by atoms with Crippen molar-refractivity contribution in [1.29, 1.82) is 0 Å². The molecule has 6 nitrogen and oxygen atoms in total. The minimum absolute atomic E-state index is 0.0658. The van der Waals surface area contributed by atoms with Crippen molar-refractivity contribution in [1.82, 2.24) is 9.80 Å². The summed E-state index contributed by atoms with van der Waals surface area (Å²) in [6, 6.07) is -0.0658. The van der Waals surface area contributed by atoms with Crippen LogP contribution >= 0.6 is 0 Å². The molecule has 0 aliphatic carbocycles. The lowest BCUT2D eigenvalue weighted by molar-refractivity contribution is -0.132. The van der Waals surface area contributed by atoms with Crippen molar-refractivity contribution in [3.63, 3.8) is 0 Å². The van der Waals surface area contributed by atoms with E-state index in [1.54, 1.807) is 4.90 Å². The second-order valence-electron chi connectivity index (χ2n) is 5.18. The molecule has 6 heteroatoms. The van der Waals surface area contributed by atoms with Gasteiger partial charge in [-0.15, -0.1) is 0 Å². The molecule has 0 radical (unpaired) electrons. The Kier molecular flexibility index (Phi) is 3.54. The van der Waals surface area contributed by atoms with Gasteiger partial charge in [-0.05, 0) is 32.8 Å². The van der Waals surface area contributed by atoms with Crippen LogP contribution in [0.3, 0.4) is 0 Å². The third-order valence-corrected chi connectivity index (χ3v) is 4.29. The van der Waals surface area contributed by atoms with Gasteiger partial charge in [-0.25, -0.2) is 4.79 Å². The number of hydrogen-bond donors (Lipinski definition) is 1. The zero-order valence-electron chi connectivity index (χ0n) is 11.3. The number of amides is 2. The topological polar surface area (TPSA) is 70.1 Å². The summed E-state index contributed by atoms with van der Waals surface area (Å²) < 4.78 is 6.00. The second-order valence-corrected chi connectivity index (χ2v) is 5.18. The normalized spacial score (nSPS) is 29.6. The van der Waals surface area contributed by atoms with Crippen molar-refractivity contribution in [2.45, 2.75) is 44.6 Å². The Hall–Kier alpha value is -1.56. The van der Waals surface area contributed by atoms with Gasteiger partial charge < -0.3 is 19.6 Å². The van der Waals surface area contributed by atoms with Crippen molar-refractivity contribution in [3.05, 3.63) is 12.7 Å². The Morgan fingerprint density at radius 1 is 1.37 bits per heavy atom. The van der Waals surface area contributed by atoms with Gasteiger partial charge >= 0.3 is 6.09 Å². The Bertz CT molecular complexity index is 401. The number of rotatable bonds is 1. The Labute approximate surface area is 112 Å². The molecule has 0 aromatic heterocycles. The van der Waals surface area contributed by atoms with Gasteiger partial charge in [0.05, 0.1) is 11.6 Å². The van der Waals surface area contributed by atoms with E-state index in [4.69, 9.17) is 9.84 Å². The fraction of sp³-hybridized carbons (Fsp3) is 0.692. The summed E-state index contributed by atoms with van der Waals surface area (Å²) in [5.41, 5.74) is -0.427. The maximum absolute atomic E-state index is 11.9. The van der Waals surface area contributed by atoms with Crippen LogP contribution in [0.4, 0.5) is 4.79 Å². The Balaban J connectivity index is 2.12. The zero-order valence-corrected chi connectivity index (χ0v) is 11.3. The van der Waals surface area contributed by atoms with Crippen LogP contribution in [-0.4, -0.2) is 57.9 Å². The van der Waals surface area contributed by atoms with Crippen molar-refractivity contribution >= 4 is 12.0 Å². The molecular weight excluding hydrogens is 248 g/mol. The lowest BCUT2D eigenvalue weighted by Crippen LogP contribution is -2.53. The van der Waals surface area contributed by atoms with E-state index in [2.05, 4.69) is 6.58 Å². The molecule has 106 valence electrons. The van der Waals surface area contributed by atoms with Gasteiger partial charge in [-0.3, -0.25) is 4.79 Å². The van der Waals surface area contributed by atoms with Crippen LogP contribution in [-0.2, 0) is 9.53 Å². The SMILES string of the molecule is C=CC(=O)N1C(C)OC2(CCN(C(=O)O)CC2)[C@H]1C. The van der Waals surface area contributed by atoms with E-state index in [-0.39, 0.29) is 18.2 Å². The van der Waals surface area contributed by atoms with Crippen LogP contribution in [0.5, 0.6) is 0 Å². The summed E-state index contributed by atoms with van der Waals surface area (Å²) in [5.74, 6) is -0.141. The van der Waals surface area contributed by atoms with Crippen molar-refractivity contribution in [3.8, 4) is 0 Å². The molecule has 2 rings (SSSR count). The number of carbonyl (C=O) groups is 2. The number of carbonyl (C=O) groups excluding carboxylic acids is 1. The van der Waals surface area contributed by atoms with Gasteiger partial charge in [0.25, 0.3) is 0 Å². The monoisotopic (exact) mass is 268 g/mol. The second kappa shape index (κ2) is 4.85. The summed E-state index contributed by atoms with van der Waals surface area (Å²) >= 11 is 0. The molecule has 19 heavy (non-hydrogen) atoms. The number of likely N-dealkylation sites (tertiary alicyclic amines) is 1. The van der Waals surface area contributed by atoms with Crippen LogP contribution in [0.2, 0.25) is 0 Å². The molecule has 2 saturated heterocycles. The van der Waals surface area contributed by atoms with Crippen LogP contribution in [0.1, 0.15) is 26.7 Å². The van der Waals surface area contributed by atoms with E-state index in [1.807, 2.05) is 13.8 Å². The zero-order chi connectivity index (χ0) is 14.2. The molecule has 1 spiro atoms. The lowest BCUT2D eigenvalue weighted by atomic mass is 9.85. The summed E-state index contributed by atoms with van der Waals surface area (Å²) in [4.78, 5) is 25.9. The Morgan fingerprint density at radius 2 is 1.95 bits per heavy atom. The molecule has 1 N–H and O–H groups in total. The number of hydrogen-bond acceptors (Lipinski definition) is 3. The largest absolute Gasteiger partial charge is 0.465 e. The molecule has 2 aliphatic rings. The van der Waals surface area contributed by atoms with Gasteiger partial charge in [0.1, 0.15) is 6.23 Å². The van der Waals surface area contributed by atoms with Crippen LogP contribution in [0.15, 0.2) is 12.7 Å². The van der Waals surface area contributed by atoms with E-state index in [0.717, 1.165) is 0 Å². The molecule has 2 heterocycles.